The van der Waals surface area contributed by atoms with Gasteiger partial charge >= 0.3 is 5.97 Å². The number of rotatable bonds is 10. The van der Waals surface area contributed by atoms with Crippen LogP contribution in [0.25, 0.3) is 0 Å². The molecule has 3 unspecified atom stereocenters. The van der Waals surface area contributed by atoms with Crippen molar-refractivity contribution in [3.05, 3.63) is 36.4 Å². The minimum atomic E-state index is -1.19. The Morgan fingerprint density at radius 1 is 1.04 bits per heavy atom. The minimum absolute atomic E-state index is 0.0408. The number of hydrogen-bond donors (Lipinski definition) is 6. The van der Waals surface area contributed by atoms with E-state index in [0.29, 0.717) is 11.4 Å². The van der Waals surface area contributed by atoms with Crippen molar-refractivity contribution in [2.75, 3.05) is 0 Å². The van der Waals surface area contributed by atoms with Gasteiger partial charge in [0.1, 0.15) is 12.1 Å². The van der Waals surface area contributed by atoms with Gasteiger partial charge in [0.2, 0.25) is 11.8 Å². The second kappa shape index (κ2) is 9.65. The van der Waals surface area contributed by atoms with E-state index >= 15 is 0 Å². The summed E-state index contributed by atoms with van der Waals surface area (Å²) in [6, 6.07) is -2.97. The SMILES string of the molecule is CC(C)C(NC(=O)C(N)Cc1cnc[nH]1)C(=O)NC(Cc1cnc[nH]1)C(=O)O. The molecule has 7 N–H and O–H groups in total. The fourth-order valence-electron chi connectivity index (χ4n) is 2.60. The molecule has 2 amide bonds. The van der Waals surface area contributed by atoms with Gasteiger partial charge in [-0.05, 0) is 5.92 Å². The third-order valence-electron chi connectivity index (χ3n) is 4.17. The molecule has 0 aliphatic heterocycles. The Bertz CT molecular complexity index is 774. The summed E-state index contributed by atoms with van der Waals surface area (Å²) in [7, 11) is 0. The lowest BCUT2D eigenvalue weighted by Crippen LogP contribution is -2.57. The standard InChI is InChI=1S/C17H25N7O4/c1-9(2)14(24-15(25)12(18)3-10-5-19-7-21-10)16(26)23-13(17(27)28)4-11-6-20-8-22-11/h5-9,12-14H,3-4,18H2,1-2H3,(H,19,21)(H,20,22)(H,23,26)(H,24,25)(H,27,28). The number of aromatic nitrogens is 4. The molecule has 28 heavy (non-hydrogen) atoms. The Morgan fingerprint density at radius 2 is 1.61 bits per heavy atom. The Labute approximate surface area is 161 Å². The van der Waals surface area contributed by atoms with E-state index in [1.54, 1.807) is 20.0 Å². The molecular formula is C17H25N7O4. The number of nitrogens with two attached hydrogens (primary N) is 1. The van der Waals surface area contributed by atoms with Crippen molar-refractivity contribution in [3.8, 4) is 0 Å². The largest absolute Gasteiger partial charge is 0.480 e. The lowest BCUT2D eigenvalue weighted by molar-refractivity contribution is -0.142. The smallest absolute Gasteiger partial charge is 0.326 e. The van der Waals surface area contributed by atoms with Gasteiger partial charge in [0.05, 0.1) is 18.7 Å². The maximum atomic E-state index is 12.6. The van der Waals surface area contributed by atoms with E-state index in [4.69, 9.17) is 5.73 Å². The fourth-order valence-corrected chi connectivity index (χ4v) is 2.60. The fraction of sp³-hybridized carbons (Fsp3) is 0.471. The zero-order chi connectivity index (χ0) is 20.7. The van der Waals surface area contributed by atoms with Crippen LogP contribution in [0.15, 0.2) is 25.0 Å². The normalized spacial score (nSPS) is 14.3. The van der Waals surface area contributed by atoms with Crippen LogP contribution in [0.3, 0.4) is 0 Å². The van der Waals surface area contributed by atoms with Crippen LogP contribution in [0.2, 0.25) is 0 Å². The molecule has 0 saturated carbocycles. The number of aromatic amines is 2. The van der Waals surface area contributed by atoms with Crippen LogP contribution in [0.5, 0.6) is 0 Å². The first-order valence-electron chi connectivity index (χ1n) is 8.81. The number of carboxylic acid groups (broad SMARTS) is 1. The van der Waals surface area contributed by atoms with Gasteiger partial charge in [0.15, 0.2) is 0 Å². The van der Waals surface area contributed by atoms with E-state index in [1.807, 2.05) is 0 Å². The Hall–Kier alpha value is -3.21. The van der Waals surface area contributed by atoms with Gasteiger partial charge in [0, 0.05) is 36.6 Å². The van der Waals surface area contributed by atoms with Gasteiger partial charge in [-0.1, -0.05) is 13.8 Å². The molecule has 11 heteroatoms. The van der Waals surface area contributed by atoms with Crippen molar-refractivity contribution >= 4 is 17.8 Å². The Balaban J connectivity index is 1.99. The third kappa shape index (κ3) is 5.91. The molecule has 0 aliphatic rings. The first kappa shape index (κ1) is 21.1. The van der Waals surface area contributed by atoms with Crippen molar-refractivity contribution in [1.82, 2.24) is 30.6 Å². The van der Waals surface area contributed by atoms with E-state index in [2.05, 4.69) is 30.6 Å². The summed E-state index contributed by atoms with van der Waals surface area (Å²) in [5, 5.41) is 14.5. The van der Waals surface area contributed by atoms with Gasteiger partial charge in [0.25, 0.3) is 0 Å². The zero-order valence-corrected chi connectivity index (χ0v) is 15.7. The van der Waals surface area contributed by atoms with E-state index in [0.717, 1.165) is 0 Å². The van der Waals surface area contributed by atoms with Crippen molar-refractivity contribution < 1.29 is 19.5 Å². The molecule has 0 aliphatic carbocycles. The molecule has 11 nitrogen and oxygen atoms in total. The molecule has 0 saturated heterocycles. The van der Waals surface area contributed by atoms with E-state index < -0.39 is 35.9 Å². The second-order valence-electron chi connectivity index (χ2n) is 6.80. The molecule has 152 valence electrons. The lowest BCUT2D eigenvalue weighted by atomic mass is 10.0. The zero-order valence-electron chi connectivity index (χ0n) is 15.7. The summed E-state index contributed by atoms with van der Waals surface area (Å²) in [5.74, 6) is -2.56. The predicted octanol–water partition coefficient (Wildman–Crippen LogP) is -1.04. The number of imidazole rings is 2. The average molecular weight is 391 g/mol. The molecule has 2 rings (SSSR count). The van der Waals surface area contributed by atoms with Crippen LogP contribution < -0.4 is 16.4 Å². The van der Waals surface area contributed by atoms with Gasteiger partial charge in [-0.25, -0.2) is 14.8 Å². The molecule has 0 spiro atoms. The second-order valence-corrected chi connectivity index (χ2v) is 6.80. The van der Waals surface area contributed by atoms with Crippen molar-refractivity contribution in [2.24, 2.45) is 11.7 Å². The van der Waals surface area contributed by atoms with Gasteiger partial charge in [-0.15, -0.1) is 0 Å². The van der Waals surface area contributed by atoms with Crippen molar-refractivity contribution in [2.45, 2.75) is 44.8 Å². The first-order valence-corrected chi connectivity index (χ1v) is 8.81. The van der Waals surface area contributed by atoms with Crippen molar-refractivity contribution in [1.29, 1.82) is 0 Å². The molecule has 0 aromatic carbocycles. The maximum absolute atomic E-state index is 12.6. The number of carbonyl (C=O) groups is 3. The number of carbonyl (C=O) groups excluding carboxylic acids is 2. The van der Waals surface area contributed by atoms with Gasteiger partial charge in [-0.2, -0.15) is 0 Å². The third-order valence-corrected chi connectivity index (χ3v) is 4.17. The maximum Gasteiger partial charge on any atom is 0.326 e. The minimum Gasteiger partial charge on any atom is -0.480 e. The molecule has 3 atom stereocenters. The number of amides is 2. The van der Waals surface area contributed by atoms with Gasteiger partial charge < -0.3 is 31.4 Å². The van der Waals surface area contributed by atoms with Crippen LogP contribution in [0, 0.1) is 5.92 Å². The summed E-state index contributed by atoms with van der Waals surface area (Å²) in [5.41, 5.74) is 7.16. The number of nitrogens with zero attached hydrogens (tertiary/aromatic N) is 2. The van der Waals surface area contributed by atoms with Crippen LogP contribution in [-0.2, 0) is 27.2 Å². The van der Waals surface area contributed by atoms with E-state index in [9.17, 15) is 19.5 Å². The summed E-state index contributed by atoms with van der Waals surface area (Å²) in [4.78, 5) is 49.9. The highest BCUT2D eigenvalue weighted by molar-refractivity contribution is 5.92. The molecule has 2 aromatic rings. The first-order chi connectivity index (χ1) is 13.3. The monoisotopic (exact) mass is 391 g/mol. The quantitative estimate of drug-likeness (QED) is 0.299. The van der Waals surface area contributed by atoms with Crippen LogP contribution in [-0.4, -0.2) is 61.0 Å². The predicted molar refractivity (Wildman–Crippen MR) is 98.9 cm³/mol. The summed E-state index contributed by atoms with van der Waals surface area (Å²) >= 11 is 0. The van der Waals surface area contributed by atoms with Crippen molar-refractivity contribution in [3.63, 3.8) is 0 Å². The highest BCUT2D eigenvalue weighted by atomic mass is 16.4. The van der Waals surface area contributed by atoms with Gasteiger partial charge in [-0.3, -0.25) is 9.59 Å². The molecule has 0 bridgehead atoms. The lowest BCUT2D eigenvalue weighted by Gasteiger charge is -2.25. The van der Waals surface area contributed by atoms with Crippen LogP contribution in [0.1, 0.15) is 25.2 Å². The number of aliphatic carboxylic acids is 1. The molecule has 0 radical (unpaired) electrons. The molecule has 2 heterocycles. The summed E-state index contributed by atoms with van der Waals surface area (Å²) in [6.07, 6.45) is 6.23. The Morgan fingerprint density at radius 3 is 2.07 bits per heavy atom. The van der Waals surface area contributed by atoms with Crippen LogP contribution >= 0.6 is 0 Å². The number of nitrogens with one attached hydrogen (secondary N) is 4. The average Bonchev–Trinajstić information content (AvgIpc) is 3.32. The molecule has 0 fully saturated rings. The number of carboxylic acids is 1. The number of H-pyrrole nitrogens is 2. The molecular weight excluding hydrogens is 366 g/mol. The summed E-state index contributed by atoms with van der Waals surface area (Å²) in [6.45, 7) is 3.49. The highest BCUT2D eigenvalue weighted by Crippen LogP contribution is 2.06. The number of hydrogen-bond acceptors (Lipinski definition) is 6. The summed E-state index contributed by atoms with van der Waals surface area (Å²) < 4.78 is 0. The van der Waals surface area contributed by atoms with Crippen LogP contribution in [0.4, 0.5) is 0 Å². The Kier molecular flexibility index (Phi) is 7.27. The molecule has 2 aromatic heterocycles. The van der Waals surface area contributed by atoms with E-state index in [-0.39, 0.29) is 18.8 Å². The highest BCUT2D eigenvalue weighted by Gasteiger charge is 2.30. The topological polar surface area (TPSA) is 179 Å². The van der Waals surface area contributed by atoms with E-state index in [1.165, 1.54) is 18.9 Å².